The summed E-state index contributed by atoms with van der Waals surface area (Å²) >= 11 is 7.80. The highest BCUT2D eigenvalue weighted by Crippen LogP contribution is 2.45. The lowest BCUT2D eigenvalue weighted by Gasteiger charge is -2.40. The zero-order valence-corrected chi connectivity index (χ0v) is 25.7. The summed E-state index contributed by atoms with van der Waals surface area (Å²) in [4.78, 5) is 37.8. The first kappa shape index (κ1) is 31.1. The molecule has 0 radical (unpaired) electrons. The molecule has 1 saturated carbocycles. The van der Waals surface area contributed by atoms with Crippen molar-refractivity contribution >= 4 is 50.9 Å². The van der Waals surface area contributed by atoms with Crippen LogP contribution < -0.4 is 4.72 Å². The van der Waals surface area contributed by atoms with Crippen LogP contribution in [0.25, 0.3) is 0 Å². The van der Waals surface area contributed by atoms with E-state index in [2.05, 4.69) is 9.71 Å². The number of aliphatic imine (C=N–C) groups is 1. The fourth-order valence-electron chi connectivity index (χ4n) is 5.05. The molecule has 1 aliphatic heterocycles. The molecule has 0 saturated heterocycles. The van der Waals surface area contributed by atoms with Crippen LogP contribution in [0.4, 0.5) is 9.18 Å². The average Bonchev–Trinajstić information content (AvgIpc) is 3.41. The van der Waals surface area contributed by atoms with Gasteiger partial charge in [-0.15, -0.1) is 11.3 Å². The predicted molar refractivity (Wildman–Crippen MR) is 154 cm³/mol. The van der Waals surface area contributed by atoms with Crippen molar-refractivity contribution in [1.29, 1.82) is 0 Å². The van der Waals surface area contributed by atoms with E-state index in [0.29, 0.717) is 36.4 Å². The SMILES string of the molecule is COC(=O)C1=C([C@H]2CC[C@@H](NS(C)(=O)=O)CC2)N=C(c2nccs2)N(C(=O)OC(C)(C)C)C1c1ccc(F)cc1Cl. The van der Waals surface area contributed by atoms with Gasteiger partial charge < -0.3 is 9.47 Å². The zero-order chi connectivity index (χ0) is 30.1. The summed E-state index contributed by atoms with van der Waals surface area (Å²) in [6.45, 7) is 5.13. The topological polar surface area (TPSA) is 127 Å². The number of halogens is 2. The second-order valence-electron chi connectivity index (χ2n) is 10.9. The van der Waals surface area contributed by atoms with Crippen molar-refractivity contribution in [3.05, 3.63) is 62.5 Å². The second-order valence-corrected chi connectivity index (χ2v) is 14.0. The largest absolute Gasteiger partial charge is 0.466 e. The number of benzene rings is 1. The third kappa shape index (κ3) is 7.32. The van der Waals surface area contributed by atoms with Crippen LogP contribution in [0.2, 0.25) is 5.02 Å². The number of amides is 1. The van der Waals surface area contributed by atoms with Gasteiger partial charge in [0.1, 0.15) is 17.5 Å². The van der Waals surface area contributed by atoms with E-state index in [1.165, 1.54) is 35.5 Å². The number of methoxy groups -OCH3 is 1. The van der Waals surface area contributed by atoms with Gasteiger partial charge in [0.15, 0.2) is 10.8 Å². The summed E-state index contributed by atoms with van der Waals surface area (Å²) in [7, 11) is -2.17. The number of aromatic nitrogens is 1. The highest BCUT2D eigenvalue weighted by Gasteiger charge is 2.46. The lowest BCUT2D eigenvalue weighted by atomic mass is 9.80. The minimum absolute atomic E-state index is 0.00855. The molecule has 1 fully saturated rings. The molecule has 2 heterocycles. The van der Waals surface area contributed by atoms with Gasteiger partial charge in [0, 0.05) is 28.6 Å². The van der Waals surface area contributed by atoms with Crippen molar-refractivity contribution in [3.8, 4) is 0 Å². The standard InChI is InChI=1S/C27H32ClFN4O6S2/c1-27(2,3)39-26(35)33-22(18-11-8-16(29)14-19(18)28)20(25(34)38-4)21(31-23(33)24-30-12-13-40-24)15-6-9-17(10-7-15)32-41(5,36)37/h8,11-15,17,22,32H,6-7,9-10H2,1-5H3/t15-,17+,22?. The van der Waals surface area contributed by atoms with Crippen LogP contribution in [0, 0.1) is 11.7 Å². The normalized spacial score (nSPS) is 21.9. The highest BCUT2D eigenvalue weighted by molar-refractivity contribution is 7.88. The number of nitrogens with zero attached hydrogens (tertiary/aromatic N) is 3. The maximum absolute atomic E-state index is 14.2. The molecule has 2 aromatic rings. The van der Waals surface area contributed by atoms with E-state index in [0.717, 1.165) is 12.3 Å². The Balaban J connectivity index is 1.93. The number of ether oxygens (including phenoxy) is 2. The molecule has 2 aliphatic rings. The number of thiazole rings is 1. The fourth-order valence-corrected chi connectivity index (χ4v) is 6.78. The van der Waals surface area contributed by atoms with Crippen LogP contribution in [0.1, 0.15) is 63.1 Å². The Hall–Kier alpha value is -2.87. The van der Waals surface area contributed by atoms with Crippen molar-refractivity contribution < 1.29 is 31.9 Å². The van der Waals surface area contributed by atoms with Crippen LogP contribution >= 0.6 is 22.9 Å². The molecular formula is C27H32ClFN4O6S2. The number of hydrogen-bond acceptors (Lipinski definition) is 9. The molecule has 222 valence electrons. The summed E-state index contributed by atoms with van der Waals surface area (Å²) in [5.74, 6) is -1.46. The number of sulfonamides is 1. The fraction of sp³-hybridized carbons (Fsp3) is 0.481. The van der Waals surface area contributed by atoms with E-state index in [4.69, 9.17) is 26.1 Å². The van der Waals surface area contributed by atoms with Gasteiger partial charge in [-0.05, 0) is 64.2 Å². The lowest BCUT2D eigenvalue weighted by Crippen LogP contribution is -2.48. The highest BCUT2D eigenvalue weighted by atomic mass is 35.5. The molecule has 4 rings (SSSR count). The number of amidine groups is 1. The summed E-state index contributed by atoms with van der Waals surface area (Å²) < 4.78 is 51.3. The molecule has 0 spiro atoms. The van der Waals surface area contributed by atoms with E-state index < -0.39 is 39.5 Å². The number of esters is 1. The Morgan fingerprint density at radius 2 is 1.88 bits per heavy atom. The Kier molecular flexibility index (Phi) is 9.22. The molecule has 1 aromatic heterocycles. The Bertz CT molecular complexity index is 1480. The predicted octanol–water partition coefficient (Wildman–Crippen LogP) is 5.21. The van der Waals surface area contributed by atoms with Crippen LogP contribution in [-0.4, -0.2) is 61.2 Å². The van der Waals surface area contributed by atoms with E-state index in [1.54, 1.807) is 32.3 Å². The molecule has 1 aliphatic carbocycles. The van der Waals surface area contributed by atoms with Gasteiger partial charge in [-0.25, -0.2) is 42.0 Å². The van der Waals surface area contributed by atoms with E-state index in [9.17, 15) is 22.4 Å². The van der Waals surface area contributed by atoms with Crippen LogP contribution in [0.3, 0.4) is 0 Å². The molecule has 1 atom stereocenters. The maximum atomic E-state index is 14.2. The third-order valence-corrected chi connectivity index (χ3v) is 8.49. The molecule has 41 heavy (non-hydrogen) atoms. The Morgan fingerprint density at radius 1 is 1.20 bits per heavy atom. The first-order valence-corrected chi connectivity index (χ1v) is 16.1. The van der Waals surface area contributed by atoms with Gasteiger partial charge in [-0.1, -0.05) is 17.7 Å². The van der Waals surface area contributed by atoms with Gasteiger partial charge in [0.05, 0.1) is 24.6 Å². The monoisotopic (exact) mass is 626 g/mol. The Morgan fingerprint density at radius 3 is 2.41 bits per heavy atom. The molecule has 1 unspecified atom stereocenters. The zero-order valence-electron chi connectivity index (χ0n) is 23.3. The first-order chi connectivity index (χ1) is 19.2. The molecule has 1 aromatic carbocycles. The average molecular weight is 627 g/mol. The van der Waals surface area contributed by atoms with E-state index in [1.807, 2.05) is 0 Å². The number of allylic oxidation sites excluding steroid dienone is 1. The van der Waals surface area contributed by atoms with Gasteiger partial charge in [0.25, 0.3) is 0 Å². The van der Waals surface area contributed by atoms with E-state index >= 15 is 0 Å². The molecule has 14 heteroatoms. The third-order valence-electron chi connectivity index (χ3n) is 6.63. The summed E-state index contributed by atoms with van der Waals surface area (Å²) in [6.07, 6.45) is 3.91. The van der Waals surface area contributed by atoms with Crippen molar-refractivity contribution in [1.82, 2.24) is 14.6 Å². The number of carbonyl (C=O) groups is 2. The summed E-state index contributed by atoms with van der Waals surface area (Å²) in [5.41, 5.74) is -0.187. The van der Waals surface area contributed by atoms with Crippen LogP contribution in [0.15, 0.2) is 46.0 Å². The summed E-state index contributed by atoms with van der Waals surface area (Å²) in [5, 5.41) is 2.12. The number of hydrogen-bond donors (Lipinski definition) is 1. The second kappa shape index (κ2) is 12.2. The molecule has 0 bridgehead atoms. The maximum Gasteiger partial charge on any atom is 0.416 e. The van der Waals surface area contributed by atoms with Crippen LogP contribution in [0.5, 0.6) is 0 Å². The molecular weight excluding hydrogens is 595 g/mol. The van der Waals surface area contributed by atoms with Gasteiger partial charge in [-0.3, -0.25) is 0 Å². The first-order valence-electron chi connectivity index (χ1n) is 12.9. The molecule has 1 amide bonds. The van der Waals surface area contributed by atoms with Crippen molar-refractivity contribution in [2.45, 2.75) is 64.1 Å². The number of carbonyl (C=O) groups excluding carboxylic acids is 2. The number of rotatable bonds is 6. The minimum Gasteiger partial charge on any atom is -0.466 e. The molecule has 1 N–H and O–H groups in total. The Labute approximate surface area is 247 Å². The minimum atomic E-state index is -3.39. The van der Waals surface area contributed by atoms with Gasteiger partial charge in [0.2, 0.25) is 10.0 Å². The van der Waals surface area contributed by atoms with Crippen molar-refractivity contribution in [2.75, 3.05) is 13.4 Å². The smallest absolute Gasteiger partial charge is 0.416 e. The molecule has 10 nitrogen and oxygen atoms in total. The summed E-state index contributed by atoms with van der Waals surface area (Å²) in [6, 6.07) is 2.28. The van der Waals surface area contributed by atoms with Crippen molar-refractivity contribution in [2.24, 2.45) is 10.9 Å². The van der Waals surface area contributed by atoms with Gasteiger partial charge in [-0.2, -0.15) is 0 Å². The van der Waals surface area contributed by atoms with Crippen LogP contribution in [-0.2, 0) is 24.3 Å². The van der Waals surface area contributed by atoms with Gasteiger partial charge >= 0.3 is 12.1 Å². The van der Waals surface area contributed by atoms with Crippen molar-refractivity contribution in [3.63, 3.8) is 0 Å². The quantitative estimate of drug-likeness (QED) is 0.436. The number of nitrogens with one attached hydrogen (secondary N) is 1. The lowest BCUT2D eigenvalue weighted by molar-refractivity contribution is -0.136. The van der Waals surface area contributed by atoms with E-state index in [-0.39, 0.29) is 34.0 Å².